The lowest BCUT2D eigenvalue weighted by Crippen LogP contribution is -2.15. The van der Waals surface area contributed by atoms with Crippen LogP contribution in [-0.2, 0) is 6.54 Å². The highest BCUT2D eigenvalue weighted by molar-refractivity contribution is 6.31. The molecular formula is C13H17ClN2. The van der Waals surface area contributed by atoms with Crippen LogP contribution in [0.3, 0.4) is 0 Å². The highest BCUT2D eigenvalue weighted by atomic mass is 35.5. The number of halogens is 1. The molecule has 0 saturated heterocycles. The minimum atomic E-state index is 0.804. The van der Waals surface area contributed by atoms with Gasteiger partial charge in [0, 0.05) is 28.7 Å². The SMILES string of the molecule is CCNCCCn1ccc2cc(Cl)ccc21. The zero-order valence-electron chi connectivity index (χ0n) is 9.54. The van der Waals surface area contributed by atoms with Gasteiger partial charge in [0.25, 0.3) is 0 Å². The zero-order chi connectivity index (χ0) is 11.4. The maximum Gasteiger partial charge on any atom is 0.0481 e. The Morgan fingerprint density at radius 2 is 2.19 bits per heavy atom. The van der Waals surface area contributed by atoms with E-state index in [0.29, 0.717) is 0 Å². The van der Waals surface area contributed by atoms with Gasteiger partial charge < -0.3 is 9.88 Å². The van der Waals surface area contributed by atoms with Crippen molar-refractivity contribution in [2.75, 3.05) is 13.1 Å². The Labute approximate surface area is 101 Å². The lowest BCUT2D eigenvalue weighted by molar-refractivity contribution is 0.603. The molecule has 2 rings (SSSR count). The normalized spacial score (nSPS) is 11.1. The molecule has 3 heteroatoms. The van der Waals surface area contributed by atoms with Crippen LogP contribution < -0.4 is 5.32 Å². The fraction of sp³-hybridized carbons (Fsp3) is 0.385. The number of rotatable bonds is 5. The zero-order valence-corrected chi connectivity index (χ0v) is 10.3. The van der Waals surface area contributed by atoms with Gasteiger partial charge in [0.2, 0.25) is 0 Å². The van der Waals surface area contributed by atoms with Crippen LogP contribution in [0.15, 0.2) is 30.5 Å². The summed E-state index contributed by atoms with van der Waals surface area (Å²) in [5, 5.41) is 5.36. The molecule has 0 amide bonds. The third-order valence-electron chi connectivity index (χ3n) is 2.74. The number of hydrogen-bond donors (Lipinski definition) is 1. The monoisotopic (exact) mass is 236 g/mol. The van der Waals surface area contributed by atoms with Crippen LogP contribution in [0.25, 0.3) is 10.9 Å². The summed E-state index contributed by atoms with van der Waals surface area (Å²) in [4.78, 5) is 0. The molecule has 0 atom stereocenters. The highest BCUT2D eigenvalue weighted by Crippen LogP contribution is 2.20. The Hall–Kier alpha value is -0.990. The first kappa shape index (κ1) is 11.5. The molecule has 1 aromatic heterocycles. The van der Waals surface area contributed by atoms with E-state index >= 15 is 0 Å². The van der Waals surface area contributed by atoms with Crippen LogP contribution in [-0.4, -0.2) is 17.7 Å². The van der Waals surface area contributed by atoms with Crippen molar-refractivity contribution in [3.05, 3.63) is 35.5 Å². The number of benzene rings is 1. The second-order valence-corrected chi connectivity index (χ2v) is 4.36. The minimum Gasteiger partial charge on any atom is -0.347 e. The molecule has 1 heterocycles. The molecule has 0 spiro atoms. The molecule has 0 aliphatic rings. The summed E-state index contributed by atoms with van der Waals surface area (Å²) < 4.78 is 2.28. The van der Waals surface area contributed by atoms with Gasteiger partial charge in [0.1, 0.15) is 0 Å². The Morgan fingerprint density at radius 1 is 1.31 bits per heavy atom. The van der Waals surface area contributed by atoms with Crippen molar-refractivity contribution in [1.29, 1.82) is 0 Å². The van der Waals surface area contributed by atoms with Crippen molar-refractivity contribution in [2.45, 2.75) is 19.9 Å². The molecule has 0 saturated carbocycles. The first-order chi connectivity index (χ1) is 7.81. The van der Waals surface area contributed by atoms with Crippen molar-refractivity contribution in [1.82, 2.24) is 9.88 Å². The molecule has 0 fully saturated rings. The van der Waals surface area contributed by atoms with Gasteiger partial charge in [0.15, 0.2) is 0 Å². The third kappa shape index (κ3) is 2.57. The lowest BCUT2D eigenvalue weighted by atomic mass is 10.2. The molecule has 1 N–H and O–H groups in total. The van der Waals surface area contributed by atoms with E-state index in [2.05, 4.69) is 35.1 Å². The first-order valence-corrected chi connectivity index (χ1v) is 6.14. The van der Waals surface area contributed by atoms with Crippen molar-refractivity contribution >= 4 is 22.5 Å². The van der Waals surface area contributed by atoms with Gasteiger partial charge in [-0.1, -0.05) is 18.5 Å². The summed E-state index contributed by atoms with van der Waals surface area (Å²) >= 11 is 5.95. The second kappa shape index (κ2) is 5.37. The topological polar surface area (TPSA) is 17.0 Å². The average Bonchev–Trinajstić information content (AvgIpc) is 2.67. The molecule has 0 aliphatic heterocycles. The predicted octanol–water partition coefficient (Wildman–Crippen LogP) is 3.29. The van der Waals surface area contributed by atoms with E-state index < -0.39 is 0 Å². The van der Waals surface area contributed by atoms with Crippen LogP contribution in [0.1, 0.15) is 13.3 Å². The van der Waals surface area contributed by atoms with Crippen molar-refractivity contribution < 1.29 is 0 Å². The Balaban J connectivity index is 2.07. The second-order valence-electron chi connectivity index (χ2n) is 3.92. The van der Waals surface area contributed by atoms with Gasteiger partial charge in [0.05, 0.1) is 0 Å². The number of aromatic nitrogens is 1. The first-order valence-electron chi connectivity index (χ1n) is 5.76. The lowest BCUT2D eigenvalue weighted by Gasteiger charge is -2.05. The maximum atomic E-state index is 5.95. The van der Waals surface area contributed by atoms with E-state index in [1.54, 1.807) is 0 Å². The highest BCUT2D eigenvalue weighted by Gasteiger charge is 2.00. The summed E-state index contributed by atoms with van der Waals surface area (Å²) in [7, 11) is 0. The summed E-state index contributed by atoms with van der Waals surface area (Å²) in [5.74, 6) is 0. The Bertz CT molecular complexity index is 462. The number of nitrogens with zero attached hydrogens (tertiary/aromatic N) is 1. The summed E-state index contributed by atoms with van der Waals surface area (Å²) in [5.41, 5.74) is 1.26. The van der Waals surface area contributed by atoms with Crippen LogP contribution in [0, 0.1) is 0 Å². The summed E-state index contributed by atoms with van der Waals surface area (Å²) in [6.07, 6.45) is 3.28. The third-order valence-corrected chi connectivity index (χ3v) is 2.97. The molecule has 0 unspecified atom stereocenters. The predicted molar refractivity (Wildman–Crippen MR) is 70.1 cm³/mol. The van der Waals surface area contributed by atoms with Crippen LogP contribution in [0.5, 0.6) is 0 Å². The molecular weight excluding hydrogens is 220 g/mol. The summed E-state index contributed by atoms with van der Waals surface area (Å²) in [6, 6.07) is 8.17. The summed E-state index contributed by atoms with van der Waals surface area (Å²) in [6.45, 7) is 5.30. The fourth-order valence-corrected chi connectivity index (χ4v) is 2.10. The van der Waals surface area contributed by atoms with Crippen molar-refractivity contribution in [3.63, 3.8) is 0 Å². The molecule has 2 nitrogen and oxygen atoms in total. The van der Waals surface area contributed by atoms with Crippen LogP contribution in [0.4, 0.5) is 0 Å². The number of nitrogens with one attached hydrogen (secondary N) is 1. The van der Waals surface area contributed by atoms with Crippen LogP contribution in [0.2, 0.25) is 5.02 Å². The number of fused-ring (bicyclic) bond motifs is 1. The number of aryl methyl sites for hydroxylation is 1. The van der Waals surface area contributed by atoms with Gasteiger partial charge in [-0.25, -0.2) is 0 Å². The van der Waals surface area contributed by atoms with Gasteiger partial charge in [-0.3, -0.25) is 0 Å². The van der Waals surface area contributed by atoms with E-state index in [0.717, 1.165) is 31.1 Å². The molecule has 0 aliphatic carbocycles. The van der Waals surface area contributed by atoms with E-state index in [1.807, 2.05) is 12.1 Å². The van der Waals surface area contributed by atoms with Gasteiger partial charge in [-0.2, -0.15) is 0 Å². The van der Waals surface area contributed by atoms with E-state index in [-0.39, 0.29) is 0 Å². The van der Waals surface area contributed by atoms with Gasteiger partial charge >= 0.3 is 0 Å². The molecule has 0 radical (unpaired) electrons. The van der Waals surface area contributed by atoms with E-state index in [4.69, 9.17) is 11.6 Å². The Morgan fingerprint density at radius 3 is 3.00 bits per heavy atom. The molecule has 16 heavy (non-hydrogen) atoms. The van der Waals surface area contributed by atoms with Crippen molar-refractivity contribution in [2.24, 2.45) is 0 Å². The van der Waals surface area contributed by atoms with Gasteiger partial charge in [-0.15, -0.1) is 0 Å². The molecule has 1 aromatic carbocycles. The van der Waals surface area contributed by atoms with Crippen LogP contribution >= 0.6 is 11.6 Å². The molecule has 86 valence electrons. The minimum absolute atomic E-state index is 0.804. The van der Waals surface area contributed by atoms with E-state index in [1.165, 1.54) is 10.9 Å². The molecule has 2 aromatic rings. The van der Waals surface area contributed by atoms with E-state index in [9.17, 15) is 0 Å². The smallest absolute Gasteiger partial charge is 0.0481 e. The van der Waals surface area contributed by atoms with Gasteiger partial charge in [-0.05, 0) is 43.8 Å². The fourth-order valence-electron chi connectivity index (χ4n) is 1.92. The molecule has 0 bridgehead atoms. The maximum absolute atomic E-state index is 5.95. The largest absolute Gasteiger partial charge is 0.347 e. The standard InChI is InChI=1S/C13H17ClN2/c1-2-15-7-3-8-16-9-6-11-10-12(14)4-5-13(11)16/h4-6,9-10,15H,2-3,7-8H2,1H3. The average molecular weight is 237 g/mol. The Kier molecular flexibility index (Phi) is 3.86. The number of hydrogen-bond acceptors (Lipinski definition) is 1. The van der Waals surface area contributed by atoms with Crippen molar-refractivity contribution in [3.8, 4) is 0 Å². The quantitative estimate of drug-likeness (QED) is 0.789.